The van der Waals surface area contributed by atoms with E-state index in [9.17, 15) is 4.79 Å². The smallest absolute Gasteiger partial charge is 0.176 e. The van der Waals surface area contributed by atoms with E-state index < -0.39 is 0 Å². The summed E-state index contributed by atoms with van der Waals surface area (Å²) in [5.41, 5.74) is 1.42. The van der Waals surface area contributed by atoms with Crippen LogP contribution in [0.1, 0.15) is 16.2 Å². The third-order valence-corrected chi connectivity index (χ3v) is 2.08. The maximum atomic E-state index is 10.6. The van der Waals surface area contributed by atoms with E-state index in [0.717, 1.165) is 12.0 Å². The largest absolute Gasteiger partial charge is 0.377 e. The summed E-state index contributed by atoms with van der Waals surface area (Å²) in [4.78, 5) is 14.7. The van der Waals surface area contributed by atoms with Gasteiger partial charge in [-0.05, 0) is 12.1 Å². The van der Waals surface area contributed by atoms with Gasteiger partial charge in [-0.2, -0.15) is 0 Å². The molecule has 0 aliphatic carbocycles. The Morgan fingerprint density at radius 2 is 2.38 bits per heavy atom. The van der Waals surface area contributed by atoms with Crippen LogP contribution in [-0.2, 0) is 11.3 Å². The molecule has 0 bridgehead atoms. The van der Waals surface area contributed by atoms with Crippen molar-refractivity contribution in [3.8, 4) is 5.69 Å². The molecule has 0 fully saturated rings. The molecule has 0 spiro atoms. The van der Waals surface area contributed by atoms with E-state index in [1.54, 1.807) is 36.3 Å². The number of aldehydes is 1. The van der Waals surface area contributed by atoms with E-state index in [1.807, 2.05) is 6.07 Å². The molecule has 82 valence electrons. The number of hydrogen-bond donors (Lipinski definition) is 0. The molecular weight excluding hydrogens is 206 g/mol. The molecule has 0 aliphatic heterocycles. The van der Waals surface area contributed by atoms with Crippen LogP contribution in [0.15, 0.2) is 30.6 Å². The van der Waals surface area contributed by atoms with Crippen LogP contribution in [0, 0.1) is 0 Å². The van der Waals surface area contributed by atoms with Crippen LogP contribution in [0.5, 0.6) is 0 Å². The SMILES string of the molecule is COCc1ncn(-c2cccc(C=O)c2)n1. The average molecular weight is 217 g/mol. The maximum absolute atomic E-state index is 10.6. The minimum absolute atomic E-state index is 0.375. The molecule has 0 unspecified atom stereocenters. The van der Waals surface area contributed by atoms with E-state index in [-0.39, 0.29) is 0 Å². The van der Waals surface area contributed by atoms with Gasteiger partial charge in [-0.25, -0.2) is 9.67 Å². The maximum Gasteiger partial charge on any atom is 0.176 e. The first kappa shape index (κ1) is 10.5. The van der Waals surface area contributed by atoms with E-state index >= 15 is 0 Å². The highest BCUT2D eigenvalue weighted by molar-refractivity contribution is 5.75. The Morgan fingerprint density at radius 1 is 1.50 bits per heavy atom. The van der Waals surface area contributed by atoms with Gasteiger partial charge in [0, 0.05) is 12.7 Å². The van der Waals surface area contributed by atoms with Crippen LogP contribution in [0.2, 0.25) is 0 Å². The van der Waals surface area contributed by atoms with E-state index in [1.165, 1.54) is 0 Å². The summed E-state index contributed by atoms with van der Waals surface area (Å²) < 4.78 is 6.54. The van der Waals surface area contributed by atoms with Gasteiger partial charge >= 0.3 is 0 Å². The summed E-state index contributed by atoms with van der Waals surface area (Å²) in [7, 11) is 1.59. The van der Waals surface area contributed by atoms with E-state index in [4.69, 9.17) is 4.74 Å². The number of ether oxygens (including phenoxy) is 1. The van der Waals surface area contributed by atoms with Gasteiger partial charge in [0.05, 0.1) is 5.69 Å². The Bertz CT molecular complexity index is 493. The lowest BCUT2D eigenvalue weighted by atomic mass is 10.2. The number of methoxy groups -OCH3 is 1. The number of rotatable bonds is 4. The van der Waals surface area contributed by atoms with Crippen molar-refractivity contribution in [2.75, 3.05) is 7.11 Å². The van der Waals surface area contributed by atoms with Crippen molar-refractivity contribution in [1.29, 1.82) is 0 Å². The average Bonchev–Trinajstić information content (AvgIpc) is 2.78. The normalized spacial score (nSPS) is 10.3. The number of carbonyl (C=O) groups excluding carboxylic acids is 1. The third kappa shape index (κ3) is 2.14. The second kappa shape index (κ2) is 4.67. The molecule has 0 saturated heterocycles. The van der Waals surface area contributed by atoms with Gasteiger partial charge in [0.15, 0.2) is 5.82 Å². The number of aromatic nitrogens is 3. The number of carbonyl (C=O) groups is 1. The van der Waals surface area contributed by atoms with Crippen LogP contribution in [0.3, 0.4) is 0 Å². The number of hydrogen-bond acceptors (Lipinski definition) is 4. The number of nitrogens with zero attached hydrogens (tertiary/aromatic N) is 3. The molecule has 0 atom stereocenters. The molecule has 0 aliphatic rings. The van der Waals surface area contributed by atoms with Crippen LogP contribution in [-0.4, -0.2) is 28.2 Å². The van der Waals surface area contributed by atoms with Gasteiger partial charge in [0.2, 0.25) is 0 Å². The molecule has 5 nitrogen and oxygen atoms in total. The first-order valence-corrected chi connectivity index (χ1v) is 4.78. The molecule has 1 aromatic heterocycles. The topological polar surface area (TPSA) is 57.0 Å². The van der Waals surface area contributed by atoms with Crippen LogP contribution in [0.25, 0.3) is 5.69 Å². The lowest BCUT2D eigenvalue weighted by Gasteiger charge is -2.00. The minimum Gasteiger partial charge on any atom is -0.377 e. The second-order valence-corrected chi connectivity index (χ2v) is 3.25. The zero-order valence-corrected chi connectivity index (χ0v) is 8.83. The fourth-order valence-electron chi connectivity index (χ4n) is 1.36. The molecule has 2 aromatic rings. The van der Waals surface area contributed by atoms with Crippen LogP contribution in [0.4, 0.5) is 0 Å². The summed E-state index contributed by atoms with van der Waals surface area (Å²) in [5, 5.41) is 4.21. The van der Waals surface area contributed by atoms with Gasteiger partial charge < -0.3 is 4.74 Å². The summed E-state index contributed by atoms with van der Waals surface area (Å²) in [6, 6.07) is 7.15. The predicted octanol–water partition coefficient (Wildman–Crippen LogP) is 1.23. The summed E-state index contributed by atoms with van der Waals surface area (Å²) in [6.07, 6.45) is 2.40. The van der Waals surface area contributed by atoms with Crippen LogP contribution < -0.4 is 0 Å². The first-order valence-electron chi connectivity index (χ1n) is 4.78. The molecule has 2 rings (SSSR count). The van der Waals surface area contributed by atoms with Crippen molar-refractivity contribution < 1.29 is 9.53 Å². The molecule has 0 radical (unpaired) electrons. The molecule has 16 heavy (non-hydrogen) atoms. The summed E-state index contributed by atoms with van der Waals surface area (Å²) in [6.45, 7) is 0.375. The standard InChI is InChI=1S/C11H11N3O2/c1-16-7-11-12-8-14(13-11)10-4-2-3-9(5-10)6-15/h2-6,8H,7H2,1H3. The highest BCUT2D eigenvalue weighted by Crippen LogP contribution is 2.08. The monoisotopic (exact) mass is 217 g/mol. The zero-order valence-electron chi connectivity index (χ0n) is 8.83. The van der Waals surface area contributed by atoms with Crippen LogP contribution >= 0.6 is 0 Å². The Labute approximate surface area is 92.7 Å². The molecule has 0 N–H and O–H groups in total. The summed E-state index contributed by atoms with van der Waals surface area (Å²) in [5.74, 6) is 0.610. The molecule has 5 heteroatoms. The lowest BCUT2D eigenvalue weighted by Crippen LogP contribution is -1.97. The quantitative estimate of drug-likeness (QED) is 0.723. The fraction of sp³-hybridized carbons (Fsp3) is 0.182. The van der Waals surface area contributed by atoms with Crippen molar-refractivity contribution in [1.82, 2.24) is 14.8 Å². The van der Waals surface area contributed by atoms with Gasteiger partial charge in [0.1, 0.15) is 19.2 Å². The highest BCUT2D eigenvalue weighted by atomic mass is 16.5. The zero-order chi connectivity index (χ0) is 11.4. The predicted molar refractivity (Wildman–Crippen MR) is 57.5 cm³/mol. The van der Waals surface area contributed by atoms with E-state index in [2.05, 4.69) is 10.1 Å². The third-order valence-electron chi connectivity index (χ3n) is 2.08. The Hall–Kier alpha value is -2.01. The fourth-order valence-corrected chi connectivity index (χ4v) is 1.36. The van der Waals surface area contributed by atoms with Crippen molar-refractivity contribution in [2.24, 2.45) is 0 Å². The second-order valence-electron chi connectivity index (χ2n) is 3.25. The van der Waals surface area contributed by atoms with Crippen molar-refractivity contribution in [2.45, 2.75) is 6.61 Å². The van der Waals surface area contributed by atoms with E-state index in [0.29, 0.717) is 18.0 Å². The molecular formula is C11H11N3O2. The Morgan fingerprint density at radius 3 is 3.12 bits per heavy atom. The molecule has 1 aromatic carbocycles. The Balaban J connectivity index is 2.30. The Kier molecular flexibility index (Phi) is 3.07. The van der Waals surface area contributed by atoms with Gasteiger partial charge in [-0.1, -0.05) is 12.1 Å². The number of benzene rings is 1. The molecule has 0 saturated carbocycles. The first-order chi connectivity index (χ1) is 7.83. The molecule has 1 heterocycles. The van der Waals surface area contributed by atoms with Crippen molar-refractivity contribution in [3.63, 3.8) is 0 Å². The minimum atomic E-state index is 0.375. The van der Waals surface area contributed by atoms with Gasteiger partial charge in [-0.3, -0.25) is 4.79 Å². The highest BCUT2D eigenvalue weighted by Gasteiger charge is 2.02. The summed E-state index contributed by atoms with van der Waals surface area (Å²) >= 11 is 0. The van der Waals surface area contributed by atoms with Gasteiger partial charge in [0.25, 0.3) is 0 Å². The van der Waals surface area contributed by atoms with Crippen molar-refractivity contribution in [3.05, 3.63) is 42.0 Å². The lowest BCUT2D eigenvalue weighted by molar-refractivity contribution is 0.112. The van der Waals surface area contributed by atoms with Crippen molar-refractivity contribution >= 4 is 6.29 Å². The molecule has 0 amide bonds. The van der Waals surface area contributed by atoms with Gasteiger partial charge in [-0.15, -0.1) is 5.10 Å².